The van der Waals surface area contributed by atoms with E-state index in [1.165, 1.54) is 7.11 Å². The van der Waals surface area contributed by atoms with Crippen LogP contribution in [0.4, 0.5) is 11.4 Å². The molecular formula is C32H30N6O4. The Hall–Kier alpha value is -4.96. The molecule has 1 unspecified atom stereocenters. The zero-order valence-corrected chi connectivity index (χ0v) is 23.4. The van der Waals surface area contributed by atoms with Gasteiger partial charge in [-0.1, -0.05) is 30.3 Å². The van der Waals surface area contributed by atoms with Crippen molar-refractivity contribution in [3.63, 3.8) is 0 Å². The molecule has 10 nitrogen and oxygen atoms in total. The number of hydrogen-bond acceptors (Lipinski definition) is 8. The van der Waals surface area contributed by atoms with E-state index < -0.39 is 11.9 Å². The Morgan fingerprint density at radius 3 is 2.38 bits per heavy atom. The highest BCUT2D eigenvalue weighted by Crippen LogP contribution is 2.37. The van der Waals surface area contributed by atoms with E-state index in [4.69, 9.17) is 9.73 Å². The largest absolute Gasteiger partial charge is 0.465 e. The highest BCUT2D eigenvalue weighted by molar-refractivity contribution is 6.24. The van der Waals surface area contributed by atoms with Crippen LogP contribution in [-0.4, -0.2) is 83.8 Å². The highest BCUT2D eigenvalue weighted by Gasteiger charge is 2.36. The molecule has 2 aliphatic rings. The minimum Gasteiger partial charge on any atom is -0.465 e. The number of carbonyl (C=O) groups is 3. The summed E-state index contributed by atoms with van der Waals surface area (Å²) in [5.74, 6) is -1.32. The third-order valence-electron chi connectivity index (χ3n) is 7.82. The van der Waals surface area contributed by atoms with Crippen LogP contribution < -0.4 is 5.32 Å². The zero-order chi connectivity index (χ0) is 29.2. The highest BCUT2D eigenvalue weighted by atomic mass is 16.5. The Labute approximate surface area is 243 Å². The van der Waals surface area contributed by atoms with E-state index in [0.717, 1.165) is 48.1 Å². The van der Waals surface area contributed by atoms with Crippen LogP contribution in [0.5, 0.6) is 0 Å². The van der Waals surface area contributed by atoms with Gasteiger partial charge >= 0.3 is 5.97 Å². The maximum Gasteiger partial charge on any atom is 0.337 e. The SMILES string of the molecule is COC(=O)c1ccc2c(c1)NC(=O)C2C(=Nc1ccc(CC(=O)N2CCN(C)CC2)cc1)c1ccc2cnncc2c1. The van der Waals surface area contributed by atoms with Crippen molar-refractivity contribution in [3.05, 3.63) is 95.3 Å². The van der Waals surface area contributed by atoms with E-state index in [2.05, 4.69) is 27.5 Å². The molecule has 42 heavy (non-hydrogen) atoms. The number of nitrogens with one attached hydrogen (secondary N) is 1. The molecule has 0 spiro atoms. The topological polar surface area (TPSA) is 117 Å². The molecule has 1 fully saturated rings. The number of ether oxygens (including phenoxy) is 1. The van der Waals surface area contributed by atoms with Crippen molar-refractivity contribution in [2.75, 3.05) is 45.7 Å². The summed E-state index contributed by atoms with van der Waals surface area (Å²) in [6.07, 6.45) is 3.69. The number of aliphatic imine (C=N–C) groups is 1. The summed E-state index contributed by atoms with van der Waals surface area (Å²) in [5.41, 5.74) is 4.48. The van der Waals surface area contributed by atoms with Gasteiger partial charge in [0, 0.05) is 42.6 Å². The van der Waals surface area contributed by atoms with Gasteiger partial charge in [0.25, 0.3) is 0 Å². The van der Waals surface area contributed by atoms with Crippen LogP contribution in [-0.2, 0) is 20.7 Å². The number of aromatic nitrogens is 2. The van der Waals surface area contributed by atoms with Gasteiger partial charge in [-0.2, -0.15) is 10.2 Å². The number of likely N-dealkylation sites (N-methyl/N-ethyl adjacent to an activating group) is 1. The van der Waals surface area contributed by atoms with Gasteiger partial charge in [-0.25, -0.2) is 4.79 Å². The first kappa shape index (κ1) is 27.2. The Bertz CT molecular complexity index is 1710. The maximum atomic E-state index is 13.4. The fourth-order valence-corrected chi connectivity index (χ4v) is 5.40. The number of methoxy groups -OCH3 is 1. The number of hydrogen-bond donors (Lipinski definition) is 1. The molecule has 0 bridgehead atoms. The van der Waals surface area contributed by atoms with E-state index in [0.29, 0.717) is 34.6 Å². The molecule has 1 N–H and O–H groups in total. The first-order valence-electron chi connectivity index (χ1n) is 13.8. The van der Waals surface area contributed by atoms with Gasteiger partial charge in [-0.05, 0) is 54.1 Å². The third-order valence-corrected chi connectivity index (χ3v) is 7.82. The lowest BCUT2D eigenvalue weighted by Crippen LogP contribution is -2.47. The van der Waals surface area contributed by atoms with Crippen LogP contribution in [0.1, 0.15) is 33.0 Å². The van der Waals surface area contributed by atoms with Gasteiger partial charge in [0.15, 0.2) is 0 Å². The number of nitrogens with zero attached hydrogens (tertiary/aromatic N) is 5. The third kappa shape index (κ3) is 5.48. The lowest BCUT2D eigenvalue weighted by atomic mass is 9.89. The van der Waals surface area contributed by atoms with Crippen LogP contribution in [0.15, 0.2) is 78.0 Å². The maximum absolute atomic E-state index is 13.4. The van der Waals surface area contributed by atoms with Gasteiger partial charge in [-0.3, -0.25) is 14.6 Å². The molecule has 0 saturated carbocycles. The van der Waals surface area contributed by atoms with Crippen molar-refractivity contribution in [1.29, 1.82) is 0 Å². The summed E-state index contributed by atoms with van der Waals surface area (Å²) >= 11 is 0. The van der Waals surface area contributed by atoms with Gasteiger partial charge in [0.05, 0.1) is 42.9 Å². The molecule has 1 aromatic heterocycles. The number of anilines is 1. The summed E-state index contributed by atoms with van der Waals surface area (Å²) < 4.78 is 4.85. The molecule has 0 radical (unpaired) electrons. The fraction of sp³-hybridized carbons (Fsp3) is 0.250. The molecule has 3 heterocycles. The predicted molar refractivity (Wildman–Crippen MR) is 159 cm³/mol. The van der Waals surface area contributed by atoms with Crippen molar-refractivity contribution in [1.82, 2.24) is 20.0 Å². The summed E-state index contributed by atoms with van der Waals surface area (Å²) in [6.45, 7) is 3.24. The molecular weight excluding hydrogens is 532 g/mol. The summed E-state index contributed by atoms with van der Waals surface area (Å²) in [5, 5.41) is 12.7. The van der Waals surface area contributed by atoms with Crippen molar-refractivity contribution in [2.45, 2.75) is 12.3 Å². The average molecular weight is 563 g/mol. The molecule has 1 atom stereocenters. The predicted octanol–water partition coefficient (Wildman–Crippen LogP) is 3.59. The molecule has 4 aromatic rings. The minimum absolute atomic E-state index is 0.116. The number of fused-ring (bicyclic) bond motifs is 2. The second-order valence-corrected chi connectivity index (χ2v) is 10.6. The number of benzene rings is 3. The van der Waals surface area contributed by atoms with Gasteiger partial charge in [-0.15, -0.1) is 0 Å². The van der Waals surface area contributed by atoms with Crippen molar-refractivity contribution in [3.8, 4) is 0 Å². The van der Waals surface area contributed by atoms with E-state index in [1.807, 2.05) is 47.4 Å². The Morgan fingerprint density at radius 1 is 0.929 bits per heavy atom. The fourth-order valence-electron chi connectivity index (χ4n) is 5.40. The average Bonchev–Trinajstić information content (AvgIpc) is 3.34. The minimum atomic E-state index is -0.711. The molecule has 212 valence electrons. The molecule has 0 aliphatic carbocycles. The lowest BCUT2D eigenvalue weighted by Gasteiger charge is -2.32. The van der Waals surface area contributed by atoms with Crippen LogP contribution in [0.3, 0.4) is 0 Å². The van der Waals surface area contributed by atoms with Crippen LogP contribution in [0.25, 0.3) is 10.8 Å². The summed E-state index contributed by atoms with van der Waals surface area (Å²) in [4.78, 5) is 47.5. The molecule has 1 saturated heterocycles. The monoisotopic (exact) mass is 562 g/mol. The number of rotatable bonds is 6. The smallest absolute Gasteiger partial charge is 0.337 e. The van der Waals surface area contributed by atoms with E-state index in [9.17, 15) is 14.4 Å². The quantitative estimate of drug-likeness (QED) is 0.282. The number of piperazine rings is 1. The first-order chi connectivity index (χ1) is 20.4. The molecule has 10 heteroatoms. The lowest BCUT2D eigenvalue weighted by molar-refractivity contribution is -0.132. The normalized spacial score (nSPS) is 17.2. The number of amides is 2. The van der Waals surface area contributed by atoms with Crippen LogP contribution in [0, 0.1) is 0 Å². The summed E-state index contributed by atoms with van der Waals surface area (Å²) in [6, 6.07) is 18.4. The van der Waals surface area contributed by atoms with Crippen molar-refractivity contribution < 1.29 is 19.1 Å². The van der Waals surface area contributed by atoms with Crippen molar-refractivity contribution >= 4 is 45.6 Å². The van der Waals surface area contributed by atoms with Crippen LogP contribution >= 0.6 is 0 Å². The van der Waals surface area contributed by atoms with Crippen molar-refractivity contribution in [2.24, 2.45) is 4.99 Å². The molecule has 2 aliphatic heterocycles. The zero-order valence-electron chi connectivity index (χ0n) is 23.4. The Kier molecular flexibility index (Phi) is 7.45. The number of esters is 1. The molecule has 3 aromatic carbocycles. The standard InChI is InChI=1S/C32H30N6O4/c1-37-11-13-38(14-12-37)28(39)15-20-3-8-25(9-4-20)35-30(21-5-6-23-18-33-34-19-24(23)16-21)29-26-10-7-22(32(41)42-2)17-27(26)36-31(29)40/h3-10,16-19,29H,11-15H2,1-2H3,(H,36,40). The van der Waals surface area contributed by atoms with Gasteiger partial charge < -0.3 is 19.9 Å². The van der Waals surface area contributed by atoms with Crippen LogP contribution in [0.2, 0.25) is 0 Å². The second-order valence-electron chi connectivity index (χ2n) is 10.6. The summed E-state index contributed by atoms with van der Waals surface area (Å²) in [7, 11) is 3.38. The Balaban J connectivity index is 1.34. The number of carbonyl (C=O) groups excluding carboxylic acids is 3. The first-order valence-corrected chi connectivity index (χ1v) is 13.8. The van der Waals surface area contributed by atoms with E-state index in [-0.39, 0.29) is 11.8 Å². The molecule has 6 rings (SSSR count). The Morgan fingerprint density at radius 2 is 1.64 bits per heavy atom. The second kappa shape index (κ2) is 11.5. The van der Waals surface area contributed by atoms with Gasteiger partial charge in [0.2, 0.25) is 11.8 Å². The molecule has 2 amide bonds. The van der Waals surface area contributed by atoms with Gasteiger partial charge in [0.1, 0.15) is 5.92 Å². The van der Waals surface area contributed by atoms with E-state index >= 15 is 0 Å². The van der Waals surface area contributed by atoms with E-state index in [1.54, 1.807) is 30.6 Å².